The Morgan fingerprint density at radius 2 is 1.94 bits per heavy atom. The van der Waals surface area contributed by atoms with Crippen molar-refractivity contribution >= 4 is 24.2 Å². The summed E-state index contributed by atoms with van der Waals surface area (Å²) in [5, 5.41) is 0. The summed E-state index contributed by atoms with van der Waals surface area (Å²) >= 11 is 1.87. The highest BCUT2D eigenvalue weighted by atomic mass is 35.5. The SMILES string of the molecule is CCCCOc1ccc(CSCCN)cc1.Cl. The van der Waals surface area contributed by atoms with Crippen molar-refractivity contribution in [3.63, 3.8) is 0 Å². The van der Waals surface area contributed by atoms with Gasteiger partial charge in [0.25, 0.3) is 0 Å². The van der Waals surface area contributed by atoms with Gasteiger partial charge in [0, 0.05) is 18.1 Å². The number of rotatable bonds is 8. The molecular weight excluding hydrogens is 254 g/mol. The number of thioether (sulfide) groups is 1. The van der Waals surface area contributed by atoms with E-state index in [1.54, 1.807) is 0 Å². The maximum Gasteiger partial charge on any atom is 0.119 e. The molecule has 0 spiro atoms. The number of hydrogen-bond acceptors (Lipinski definition) is 3. The first kappa shape index (κ1) is 16.6. The average Bonchev–Trinajstić information content (AvgIpc) is 2.32. The minimum atomic E-state index is 0. The zero-order valence-corrected chi connectivity index (χ0v) is 12.0. The summed E-state index contributed by atoms with van der Waals surface area (Å²) < 4.78 is 5.60. The first-order valence-electron chi connectivity index (χ1n) is 5.86. The zero-order valence-electron chi connectivity index (χ0n) is 10.4. The molecule has 0 aliphatic rings. The number of halogens is 1. The van der Waals surface area contributed by atoms with Crippen molar-refractivity contribution in [2.75, 3.05) is 18.9 Å². The summed E-state index contributed by atoms with van der Waals surface area (Å²) in [5.41, 5.74) is 6.78. The molecule has 0 aliphatic carbocycles. The number of unbranched alkanes of at least 4 members (excludes halogenated alkanes) is 1. The molecule has 0 amide bonds. The van der Waals surface area contributed by atoms with Gasteiger partial charge in [0.1, 0.15) is 5.75 Å². The molecule has 2 N–H and O–H groups in total. The number of ether oxygens (including phenoxy) is 1. The fourth-order valence-electron chi connectivity index (χ4n) is 1.29. The summed E-state index contributed by atoms with van der Waals surface area (Å²) in [6.07, 6.45) is 2.29. The Kier molecular flexibility index (Phi) is 10.5. The Morgan fingerprint density at radius 3 is 2.53 bits per heavy atom. The van der Waals surface area contributed by atoms with Crippen molar-refractivity contribution < 1.29 is 4.74 Å². The van der Waals surface area contributed by atoms with E-state index >= 15 is 0 Å². The van der Waals surface area contributed by atoms with Gasteiger partial charge in [0.2, 0.25) is 0 Å². The molecule has 0 atom stereocenters. The van der Waals surface area contributed by atoms with E-state index in [0.717, 1.165) is 36.8 Å². The lowest BCUT2D eigenvalue weighted by Gasteiger charge is -2.06. The van der Waals surface area contributed by atoms with Crippen LogP contribution >= 0.6 is 24.2 Å². The minimum Gasteiger partial charge on any atom is -0.494 e. The van der Waals surface area contributed by atoms with Gasteiger partial charge in [-0.05, 0) is 24.1 Å². The van der Waals surface area contributed by atoms with Crippen LogP contribution in [0.3, 0.4) is 0 Å². The Labute approximate surface area is 115 Å². The summed E-state index contributed by atoms with van der Waals surface area (Å²) in [6, 6.07) is 8.36. The second-order valence-corrected chi connectivity index (χ2v) is 4.79. The quantitative estimate of drug-likeness (QED) is 0.738. The fraction of sp³-hybridized carbons (Fsp3) is 0.538. The molecule has 1 aromatic carbocycles. The second kappa shape index (κ2) is 10.8. The second-order valence-electron chi connectivity index (χ2n) is 3.69. The molecule has 0 saturated carbocycles. The molecule has 4 heteroatoms. The Balaban J connectivity index is 0.00000256. The molecule has 0 unspecified atom stereocenters. The third kappa shape index (κ3) is 7.53. The molecule has 0 fully saturated rings. The van der Waals surface area contributed by atoms with Crippen LogP contribution in [0.25, 0.3) is 0 Å². The largest absolute Gasteiger partial charge is 0.494 e. The van der Waals surface area contributed by atoms with Gasteiger partial charge in [-0.15, -0.1) is 12.4 Å². The lowest BCUT2D eigenvalue weighted by Crippen LogP contribution is -2.01. The van der Waals surface area contributed by atoms with Crippen LogP contribution in [0.1, 0.15) is 25.3 Å². The fourth-order valence-corrected chi connectivity index (χ4v) is 2.03. The number of hydrogen-bond donors (Lipinski definition) is 1. The molecule has 2 nitrogen and oxygen atoms in total. The summed E-state index contributed by atoms with van der Waals surface area (Å²) in [5.74, 6) is 3.03. The molecule has 0 bridgehead atoms. The molecule has 98 valence electrons. The third-order valence-electron chi connectivity index (χ3n) is 2.22. The van der Waals surface area contributed by atoms with E-state index in [0.29, 0.717) is 0 Å². The first-order chi connectivity index (χ1) is 7.86. The van der Waals surface area contributed by atoms with Crippen LogP contribution in [0.15, 0.2) is 24.3 Å². The van der Waals surface area contributed by atoms with E-state index in [2.05, 4.69) is 19.1 Å². The van der Waals surface area contributed by atoms with E-state index in [4.69, 9.17) is 10.5 Å². The predicted octanol–water partition coefficient (Wildman–Crippen LogP) is 3.48. The third-order valence-corrected chi connectivity index (χ3v) is 3.28. The zero-order chi connectivity index (χ0) is 11.6. The minimum absolute atomic E-state index is 0. The van der Waals surface area contributed by atoms with Gasteiger partial charge >= 0.3 is 0 Å². The predicted molar refractivity (Wildman–Crippen MR) is 79.3 cm³/mol. The van der Waals surface area contributed by atoms with Crippen molar-refractivity contribution in [2.45, 2.75) is 25.5 Å². The van der Waals surface area contributed by atoms with E-state index < -0.39 is 0 Å². The monoisotopic (exact) mass is 275 g/mol. The average molecular weight is 276 g/mol. The maximum atomic E-state index is 5.60. The first-order valence-corrected chi connectivity index (χ1v) is 7.02. The van der Waals surface area contributed by atoms with Crippen molar-refractivity contribution in [2.24, 2.45) is 5.73 Å². The van der Waals surface area contributed by atoms with Gasteiger partial charge in [0.05, 0.1) is 6.61 Å². The Morgan fingerprint density at radius 1 is 1.24 bits per heavy atom. The molecule has 0 radical (unpaired) electrons. The highest BCUT2D eigenvalue weighted by molar-refractivity contribution is 7.98. The van der Waals surface area contributed by atoms with Crippen LogP contribution in [0.4, 0.5) is 0 Å². The van der Waals surface area contributed by atoms with Gasteiger partial charge in [-0.2, -0.15) is 11.8 Å². The van der Waals surface area contributed by atoms with Crippen molar-refractivity contribution in [3.8, 4) is 5.75 Å². The number of nitrogens with two attached hydrogens (primary N) is 1. The van der Waals surface area contributed by atoms with E-state index in [-0.39, 0.29) is 12.4 Å². The van der Waals surface area contributed by atoms with Crippen LogP contribution < -0.4 is 10.5 Å². The standard InChI is InChI=1S/C13H21NOS.ClH/c1-2-3-9-15-13-6-4-12(5-7-13)11-16-10-8-14;/h4-7H,2-3,8-11,14H2,1H3;1H. The van der Waals surface area contributed by atoms with Gasteiger partial charge in [0.15, 0.2) is 0 Å². The lowest BCUT2D eigenvalue weighted by molar-refractivity contribution is 0.309. The molecule has 0 aliphatic heterocycles. The van der Waals surface area contributed by atoms with Gasteiger partial charge < -0.3 is 10.5 Å². The molecule has 17 heavy (non-hydrogen) atoms. The van der Waals surface area contributed by atoms with Crippen LogP contribution in [0.5, 0.6) is 5.75 Å². The Hall–Kier alpha value is -0.380. The summed E-state index contributed by atoms with van der Waals surface area (Å²) in [7, 11) is 0. The Bertz CT molecular complexity index is 250. The molecule has 1 aromatic rings. The molecule has 0 saturated heterocycles. The lowest BCUT2D eigenvalue weighted by atomic mass is 10.2. The molecule has 1 rings (SSSR count). The molecule has 0 aromatic heterocycles. The normalized spacial score (nSPS) is 9.76. The van der Waals surface area contributed by atoms with E-state index in [9.17, 15) is 0 Å². The van der Waals surface area contributed by atoms with Gasteiger partial charge in [-0.3, -0.25) is 0 Å². The van der Waals surface area contributed by atoms with Crippen LogP contribution in [0.2, 0.25) is 0 Å². The van der Waals surface area contributed by atoms with Gasteiger partial charge in [-0.25, -0.2) is 0 Å². The smallest absolute Gasteiger partial charge is 0.119 e. The van der Waals surface area contributed by atoms with E-state index in [1.807, 2.05) is 23.9 Å². The summed E-state index contributed by atoms with van der Waals surface area (Å²) in [6.45, 7) is 3.74. The molecular formula is C13H22ClNOS. The van der Waals surface area contributed by atoms with Crippen molar-refractivity contribution in [3.05, 3.63) is 29.8 Å². The highest BCUT2D eigenvalue weighted by Crippen LogP contribution is 2.16. The van der Waals surface area contributed by atoms with Crippen molar-refractivity contribution in [1.29, 1.82) is 0 Å². The van der Waals surface area contributed by atoms with Crippen molar-refractivity contribution in [1.82, 2.24) is 0 Å². The maximum absolute atomic E-state index is 5.60. The van der Waals surface area contributed by atoms with Crippen LogP contribution in [-0.4, -0.2) is 18.9 Å². The van der Waals surface area contributed by atoms with Gasteiger partial charge in [-0.1, -0.05) is 25.5 Å². The van der Waals surface area contributed by atoms with E-state index in [1.165, 1.54) is 12.0 Å². The molecule has 0 heterocycles. The van der Waals surface area contributed by atoms with Crippen LogP contribution in [0, 0.1) is 0 Å². The number of benzene rings is 1. The van der Waals surface area contributed by atoms with Crippen LogP contribution in [-0.2, 0) is 5.75 Å². The topological polar surface area (TPSA) is 35.2 Å². The summed E-state index contributed by atoms with van der Waals surface area (Å²) in [4.78, 5) is 0. The highest BCUT2D eigenvalue weighted by Gasteiger charge is 1.95.